The van der Waals surface area contributed by atoms with E-state index < -0.39 is 12.3 Å². The van der Waals surface area contributed by atoms with E-state index in [1.165, 1.54) is 24.5 Å². The van der Waals surface area contributed by atoms with Gasteiger partial charge in [-0.2, -0.15) is 0 Å². The summed E-state index contributed by atoms with van der Waals surface area (Å²) >= 11 is 0. The maximum absolute atomic E-state index is 13.4. The van der Waals surface area contributed by atoms with E-state index in [0.29, 0.717) is 31.5 Å². The summed E-state index contributed by atoms with van der Waals surface area (Å²) in [5, 5.41) is 10.9. The van der Waals surface area contributed by atoms with Crippen LogP contribution in [-0.4, -0.2) is 73.3 Å². The van der Waals surface area contributed by atoms with E-state index in [-0.39, 0.29) is 11.3 Å². The van der Waals surface area contributed by atoms with Gasteiger partial charge >= 0.3 is 12.3 Å². The molecule has 1 saturated heterocycles. The van der Waals surface area contributed by atoms with Crippen molar-refractivity contribution < 1.29 is 32.5 Å². The highest BCUT2D eigenvalue weighted by Crippen LogP contribution is 2.48. The molecule has 1 saturated carbocycles. The van der Waals surface area contributed by atoms with Crippen molar-refractivity contribution in [2.75, 3.05) is 51.3 Å². The molecular formula is C34H42F3N3O4. The van der Waals surface area contributed by atoms with Gasteiger partial charge in [-0.05, 0) is 80.3 Å². The van der Waals surface area contributed by atoms with E-state index in [2.05, 4.69) is 19.1 Å². The molecule has 3 aromatic rings. The monoisotopic (exact) mass is 613 g/mol. The number of aromatic carboxylic acids is 1. The third-order valence-corrected chi connectivity index (χ3v) is 9.78. The lowest BCUT2D eigenvalue weighted by Crippen LogP contribution is -2.41. The van der Waals surface area contributed by atoms with Gasteiger partial charge in [0.15, 0.2) is 0 Å². The number of aromatic nitrogens is 1. The third kappa shape index (κ3) is 6.56. The standard InChI is InChI=1S/C34H42F3N3O4/c1-43-19-13-23-6-5-14-38(22-23)15-16-39-17-18-40-30-20-25(33(41)42)9-11-27(30)31(24-7-3-2-4-8-24)32(40)28-12-10-26(21-29(28)39)44-34(35,36)37/h9-12,20-21,23-24H,2-8,13-19,22H2,1H3,(H,41,42)/t23-/m0/s1. The van der Waals surface area contributed by atoms with Gasteiger partial charge in [0.05, 0.1) is 11.3 Å². The molecule has 3 heterocycles. The molecule has 3 aliphatic rings. The van der Waals surface area contributed by atoms with E-state index >= 15 is 0 Å². The van der Waals surface area contributed by atoms with Gasteiger partial charge in [-0.25, -0.2) is 4.79 Å². The Balaban J connectivity index is 1.41. The average molecular weight is 614 g/mol. The molecule has 2 aliphatic heterocycles. The molecule has 6 rings (SSSR count). The number of rotatable bonds is 9. The van der Waals surface area contributed by atoms with Crippen molar-refractivity contribution in [3.8, 4) is 17.0 Å². The molecule has 1 aliphatic carbocycles. The van der Waals surface area contributed by atoms with Crippen molar-refractivity contribution in [2.45, 2.75) is 70.2 Å². The molecule has 1 N–H and O–H groups in total. The molecule has 0 radical (unpaired) electrons. The van der Waals surface area contributed by atoms with E-state index in [4.69, 9.17) is 4.74 Å². The minimum Gasteiger partial charge on any atom is -0.478 e. The van der Waals surface area contributed by atoms with Crippen LogP contribution in [0.5, 0.6) is 5.75 Å². The number of carbonyl (C=O) groups is 1. The fourth-order valence-corrected chi connectivity index (χ4v) is 7.72. The zero-order valence-electron chi connectivity index (χ0n) is 25.4. The van der Waals surface area contributed by atoms with Gasteiger partial charge in [0, 0.05) is 74.7 Å². The smallest absolute Gasteiger partial charge is 0.478 e. The molecular weight excluding hydrogens is 571 g/mol. The summed E-state index contributed by atoms with van der Waals surface area (Å²) in [5.74, 6) is -0.311. The van der Waals surface area contributed by atoms with E-state index in [0.717, 1.165) is 92.6 Å². The lowest BCUT2D eigenvalue weighted by Gasteiger charge is -2.35. The van der Waals surface area contributed by atoms with Crippen LogP contribution in [0, 0.1) is 5.92 Å². The first-order valence-corrected chi connectivity index (χ1v) is 16.0. The second-order valence-electron chi connectivity index (χ2n) is 12.6. The molecule has 0 amide bonds. The Morgan fingerprint density at radius 1 is 0.977 bits per heavy atom. The maximum Gasteiger partial charge on any atom is 0.573 e. The largest absolute Gasteiger partial charge is 0.573 e. The number of hydrogen-bond acceptors (Lipinski definition) is 5. The molecule has 7 nitrogen and oxygen atoms in total. The van der Waals surface area contributed by atoms with Crippen LogP contribution in [0.25, 0.3) is 22.2 Å². The van der Waals surface area contributed by atoms with Crippen LogP contribution in [0.3, 0.4) is 0 Å². The first-order valence-electron chi connectivity index (χ1n) is 16.0. The molecule has 0 spiro atoms. The lowest BCUT2D eigenvalue weighted by atomic mass is 9.81. The number of piperidine rings is 1. The molecule has 2 aromatic carbocycles. The van der Waals surface area contributed by atoms with E-state index in [1.54, 1.807) is 31.4 Å². The second-order valence-corrected chi connectivity index (χ2v) is 12.6. The van der Waals surface area contributed by atoms with Gasteiger partial charge in [0.1, 0.15) is 5.75 Å². The molecule has 0 unspecified atom stereocenters. The van der Waals surface area contributed by atoms with Crippen molar-refractivity contribution in [3.63, 3.8) is 0 Å². The van der Waals surface area contributed by atoms with Gasteiger partial charge < -0.3 is 28.9 Å². The fraction of sp³-hybridized carbons (Fsp3) is 0.559. The van der Waals surface area contributed by atoms with Crippen LogP contribution in [0.2, 0.25) is 0 Å². The number of anilines is 1. The number of ether oxygens (including phenoxy) is 2. The van der Waals surface area contributed by atoms with Crippen molar-refractivity contribution in [2.24, 2.45) is 5.92 Å². The van der Waals surface area contributed by atoms with Crippen LogP contribution < -0.4 is 9.64 Å². The Morgan fingerprint density at radius 2 is 1.80 bits per heavy atom. The molecule has 2 fully saturated rings. The molecule has 1 aromatic heterocycles. The second kappa shape index (κ2) is 13.0. The first-order chi connectivity index (χ1) is 21.2. The van der Waals surface area contributed by atoms with Gasteiger partial charge in [0.25, 0.3) is 0 Å². The number of methoxy groups -OCH3 is 1. The number of benzene rings is 2. The van der Waals surface area contributed by atoms with Gasteiger partial charge in [-0.15, -0.1) is 13.2 Å². The highest BCUT2D eigenvalue weighted by atomic mass is 19.4. The molecule has 10 heteroatoms. The highest BCUT2D eigenvalue weighted by Gasteiger charge is 2.34. The number of carboxylic acids is 1. The minimum absolute atomic E-state index is 0.226. The zero-order chi connectivity index (χ0) is 30.8. The number of carboxylic acid groups (broad SMARTS) is 1. The maximum atomic E-state index is 13.4. The van der Waals surface area contributed by atoms with E-state index in [1.807, 2.05) is 6.07 Å². The number of hydrogen-bond donors (Lipinski definition) is 1. The Hall–Kier alpha value is -3.24. The topological polar surface area (TPSA) is 67.2 Å². The summed E-state index contributed by atoms with van der Waals surface area (Å²) in [6.07, 6.45) is 4.09. The summed E-state index contributed by atoms with van der Waals surface area (Å²) in [7, 11) is 1.73. The Labute approximate surface area is 256 Å². The van der Waals surface area contributed by atoms with Crippen LogP contribution in [0.15, 0.2) is 36.4 Å². The predicted octanol–water partition coefficient (Wildman–Crippen LogP) is 7.52. The Bertz CT molecular complexity index is 1480. The van der Waals surface area contributed by atoms with Gasteiger partial charge in [-0.1, -0.05) is 25.3 Å². The van der Waals surface area contributed by atoms with Crippen LogP contribution in [0.1, 0.15) is 73.2 Å². The molecule has 0 bridgehead atoms. The number of fused-ring (bicyclic) bond motifs is 5. The van der Waals surface area contributed by atoms with Crippen LogP contribution in [0.4, 0.5) is 18.9 Å². The number of alkyl halides is 3. The van der Waals surface area contributed by atoms with Crippen molar-refractivity contribution in [3.05, 3.63) is 47.5 Å². The van der Waals surface area contributed by atoms with Crippen molar-refractivity contribution in [1.29, 1.82) is 0 Å². The number of halogens is 3. The summed E-state index contributed by atoms with van der Waals surface area (Å²) in [4.78, 5) is 16.6. The van der Waals surface area contributed by atoms with Gasteiger partial charge in [0.2, 0.25) is 0 Å². The summed E-state index contributed by atoms with van der Waals surface area (Å²) in [5.41, 5.74) is 4.92. The van der Waals surface area contributed by atoms with Crippen LogP contribution >= 0.6 is 0 Å². The van der Waals surface area contributed by atoms with E-state index in [9.17, 15) is 23.1 Å². The summed E-state index contributed by atoms with van der Waals surface area (Å²) in [6, 6.07) is 10.1. The quantitative estimate of drug-likeness (QED) is 0.269. The number of likely N-dealkylation sites (tertiary alicyclic amines) is 1. The highest BCUT2D eigenvalue weighted by molar-refractivity contribution is 5.99. The molecule has 1 atom stereocenters. The first kappa shape index (κ1) is 30.8. The van der Waals surface area contributed by atoms with Crippen molar-refractivity contribution in [1.82, 2.24) is 9.47 Å². The van der Waals surface area contributed by atoms with Crippen LogP contribution in [-0.2, 0) is 11.3 Å². The fourth-order valence-electron chi connectivity index (χ4n) is 7.72. The Kier molecular flexibility index (Phi) is 9.10. The zero-order valence-corrected chi connectivity index (χ0v) is 25.4. The third-order valence-electron chi connectivity index (χ3n) is 9.78. The average Bonchev–Trinajstić information content (AvgIpc) is 3.24. The SMILES string of the molecule is COCC[C@@H]1CCCN(CCN2CCn3c(c(C4CCCCC4)c4ccc(C(=O)O)cc43)-c3ccc(OC(F)(F)F)cc32)C1. The lowest BCUT2D eigenvalue weighted by molar-refractivity contribution is -0.274. The van der Waals surface area contributed by atoms with Gasteiger partial charge in [-0.3, -0.25) is 0 Å². The molecule has 44 heavy (non-hydrogen) atoms. The Morgan fingerprint density at radius 3 is 2.55 bits per heavy atom. The summed E-state index contributed by atoms with van der Waals surface area (Å²) < 4.78 is 52.0. The van der Waals surface area contributed by atoms with Crippen molar-refractivity contribution >= 4 is 22.6 Å². The normalized spacial score (nSPS) is 19.9. The predicted molar refractivity (Wildman–Crippen MR) is 165 cm³/mol. The summed E-state index contributed by atoms with van der Waals surface area (Å²) in [6.45, 7) is 5.41. The number of nitrogens with zero attached hydrogens (tertiary/aromatic N) is 3. The minimum atomic E-state index is -4.79. The molecule has 238 valence electrons.